The predicted molar refractivity (Wildman–Crippen MR) is 66.8 cm³/mol. The van der Waals surface area contributed by atoms with E-state index in [1.165, 1.54) is 29.2 Å². The Kier molecular flexibility index (Phi) is 2.98. The summed E-state index contributed by atoms with van der Waals surface area (Å²) >= 11 is 2.92. The largest absolute Gasteiger partial charge is 0.478 e. The minimum absolute atomic E-state index is 0.0601. The van der Waals surface area contributed by atoms with E-state index in [9.17, 15) is 9.59 Å². The molecule has 1 heterocycles. The first-order valence-corrected chi connectivity index (χ1v) is 6.51. The van der Waals surface area contributed by atoms with Crippen LogP contribution in [0.4, 0.5) is 0 Å². The number of benzene rings is 1. The maximum Gasteiger partial charge on any atom is 0.335 e. The maximum absolute atomic E-state index is 11.7. The number of carbonyl (C=O) groups is 1. The van der Waals surface area contributed by atoms with E-state index in [4.69, 9.17) is 5.11 Å². The number of fused-ring (bicyclic) bond motifs is 1. The highest BCUT2D eigenvalue weighted by atomic mass is 32.2. The van der Waals surface area contributed by atoms with Gasteiger partial charge in [-0.2, -0.15) is 0 Å². The van der Waals surface area contributed by atoms with E-state index in [0.29, 0.717) is 5.39 Å². The Hall–Kier alpha value is -1.33. The highest BCUT2D eigenvalue weighted by Gasteiger charge is 2.07. The number of hydrogen-bond donors (Lipinski definition) is 1. The van der Waals surface area contributed by atoms with Crippen molar-refractivity contribution in [1.82, 2.24) is 0 Å². The lowest BCUT2D eigenvalue weighted by molar-refractivity contribution is 0.0697. The Morgan fingerprint density at radius 3 is 2.75 bits per heavy atom. The average molecular weight is 252 g/mol. The second kappa shape index (κ2) is 4.27. The van der Waals surface area contributed by atoms with Crippen LogP contribution in [0, 0.1) is 0 Å². The summed E-state index contributed by atoms with van der Waals surface area (Å²) in [6.45, 7) is 0. The summed E-state index contributed by atoms with van der Waals surface area (Å²) in [7, 11) is 0. The summed E-state index contributed by atoms with van der Waals surface area (Å²) in [4.78, 5) is 22.5. The van der Waals surface area contributed by atoms with Gasteiger partial charge in [0.05, 0.1) is 9.77 Å². The summed E-state index contributed by atoms with van der Waals surface area (Å²) in [6, 6.07) is 6.15. The molecule has 5 heteroatoms. The van der Waals surface area contributed by atoms with E-state index >= 15 is 0 Å². The fourth-order valence-corrected chi connectivity index (χ4v) is 3.04. The molecule has 0 amide bonds. The van der Waals surface area contributed by atoms with Crippen LogP contribution in [-0.2, 0) is 0 Å². The maximum atomic E-state index is 11.7. The molecule has 1 aromatic heterocycles. The van der Waals surface area contributed by atoms with Crippen molar-refractivity contribution in [2.24, 2.45) is 0 Å². The van der Waals surface area contributed by atoms with E-state index in [1.54, 1.807) is 18.2 Å². The molecular formula is C11H8O3S2. The minimum Gasteiger partial charge on any atom is -0.478 e. The molecule has 0 aliphatic rings. The Labute approximate surface area is 99.7 Å². The Morgan fingerprint density at radius 1 is 1.38 bits per heavy atom. The van der Waals surface area contributed by atoms with Crippen LogP contribution in [0.3, 0.4) is 0 Å². The van der Waals surface area contributed by atoms with Crippen molar-refractivity contribution in [3.63, 3.8) is 0 Å². The lowest BCUT2D eigenvalue weighted by Crippen LogP contribution is -2.01. The molecule has 0 aliphatic carbocycles. The van der Waals surface area contributed by atoms with E-state index in [0.717, 1.165) is 8.91 Å². The van der Waals surface area contributed by atoms with Gasteiger partial charge in [-0.3, -0.25) is 4.79 Å². The highest BCUT2D eigenvalue weighted by molar-refractivity contribution is 8.00. The summed E-state index contributed by atoms with van der Waals surface area (Å²) in [5.74, 6) is -0.976. The monoisotopic (exact) mass is 252 g/mol. The molecular weight excluding hydrogens is 244 g/mol. The molecule has 0 aliphatic heterocycles. The van der Waals surface area contributed by atoms with Gasteiger partial charge in [-0.1, -0.05) is 0 Å². The molecule has 0 unspecified atom stereocenters. The summed E-state index contributed by atoms with van der Waals surface area (Å²) in [5.41, 5.74) is 0.149. The molecule has 3 nitrogen and oxygen atoms in total. The zero-order valence-corrected chi connectivity index (χ0v) is 10.0. The SMILES string of the molecule is CSc1cc(=O)c2ccc(C(=O)O)cc2s1. The number of carboxylic acids is 1. The number of rotatable bonds is 2. The van der Waals surface area contributed by atoms with Gasteiger partial charge < -0.3 is 5.11 Å². The molecule has 0 atom stereocenters. The van der Waals surface area contributed by atoms with E-state index in [-0.39, 0.29) is 11.0 Å². The molecule has 0 bridgehead atoms. The lowest BCUT2D eigenvalue weighted by atomic mass is 10.2. The molecule has 16 heavy (non-hydrogen) atoms. The Morgan fingerprint density at radius 2 is 2.12 bits per heavy atom. The molecule has 2 aromatic rings. The van der Waals surface area contributed by atoms with Crippen LogP contribution in [0.15, 0.2) is 33.3 Å². The first kappa shape index (κ1) is 11.2. The van der Waals surface area contributed by atoms with Crippen LogP contribution in [0.1, 0.15) is 10.4 Å². The summed E-state index contributed by atoms with van der Waals surface area (Å²) < 4.78 is 1.61. The van der Waals surface area contributed by atoms with Crippen LogP contribution in [-0.4, -0.2) is 17.3 Å². The third-order valence-electron chi connectivity index (χ3n) is 2.15. The normalized spacial score (nSPS) is 10.6. The van der Waals surface area contributed by atoms with E-state index in [1.807, 2.05) is 6.26 Å². The van der Waals surface area contributed by atoms with E-state index < -0.39 is 5.97 Å². The zero-order chi connectivity index (χ0) is 11.7. The number of aromatic carboxylic acids is 1. The summed E-state index contributed by atoms with van der Waals surface area (Å²) in [5, 5.41) is 9.44. The first-order chi connectivity index (χ1) is 7.61. The third-order valence-corrected chi connectivity index (χ3v) is 4.30. The van der Waals surface area contributed by atoms with Crippen molar-refractivity contribution in [2.75, 3.05) is 6.26 Å². The van der Waals surface area contributed by atoms with Crippen LogP contribution in [0.25, 0.3) is 10.1 Å². The third kappa shape index (κ3) is 1.96. The molecule has 0 saturated carbocycles. The molecule has 1 aromatic carbocycles. The summed E-state index contributed by atoms with van der Waals surface area (Å²) in [6.07, 6.45) is 1.89. The molecule has 0 fully saturated rings. The van der Waals surface area contributed by atoms with Gasteiger partial charge >= 0.3 is 5.97 Å². The van der Waals surface area contributed by atoms with Crippen LogP contribution < -0.4 is 5.43 Å². The van der Waals surface area contributed by atoms with Crippen molar-refractivity contribution in [3.8, 4) is 0 Å². The first-order valence-electron chi connectivity index (χ1n) is 4.47. The van der Waals surface area contributed by atoms with Crippen molar-refractivity contribution in [1.29, 1.82) is 0 Å². The zero-order valence-electron chi connectivity index (χ0n) is 8.39. The van der Waals surface area contributed by atoms with Crippen LogP contribution >= 0.6 is 23.1 Å². The second-order valence-electron chi connectivity index (χ2n) is 3.15. The smallest absolute Gasteiger partial charge is 0.335 e. The minimum atomic E-state index is -0.976. The Bertz CT molecular complexity index is 616. The highest BCUT2D eigenvalue weighted by Crippen LogP contribution is 2.26. The molecule has 0 radical (unpaired) electrons. The molecule has 0 spiro atoms. The molecule has 82 valence electrons. The van der Waals surface area contributed by atoms with Gasteiger partial charge in [0.2, 0.25) is 0 Å². The molecule has 1 N–H and O–H groups in total. The fraction of sp³-hybridized carbons (Fsp3) is 0.0909. The predicted octanol–water partition coefficient (Wildman–Crippen LogP) is 2.68. The van der Waals surface area contributed by atoms with Gasteiger partial charge in [-0.25, -0.2) is 4.79 Å². The van der Waals surface area contributed by atoms with Crippen molar-refractivity contribution < 1.29 is 9.90 Å². The van der Waals surface area contributed by atoms with Crippen molar-refractivity contribution in [3.05, 3.63) is 40.1 Å². The van der Waals surface area contributed by atoms with Crippen LogP contribution in [0.5, 0.6) is 0 Å². The van der Waals surface area contributed by atoms with Gasteiger partial charge in [0.1, 0.15) is 0 Å². The average Bonchev–Trinajstić information content (AvgIpc) is 2.28. The number of hydrogen-bond acceptors (Lipinski definition) is 4. The van der Waals surface area contributed by atoms with Crippen molar-refractivity contribution in [2.45, 2.75) is 4.21 Å². The number of carboxylic acid groups (broad SMARTS) is 1. The van der Waals surface area contributed by atoms with Gasteiger partial charge in [0.15, 0.2) is 5.43 Å². The van der Waals surface area contributed by atoms with Gasteiger partial charge in [-0.15, -0.1) is 23.1 Å². The Balaban J connectivity index is 2.76. The van der Waals surface area contributed by atoms with Gasteiger partial charge in [0.25, 0.3) is 0 Å². The van der Waals surface area contributed by atoms with Gasteiger partial charge in [-0.05, 0) is 24.5 Å². The second-order valence-corrected chi connectivity index (χ2v) is 5.34. The molecule has 2 rings (SSSR count). The van der Waals surface area contributed by atoms with Gasteiger partial charge in [0, 0.05) is 16.2 Å². The van der Waals surface area contributed by atoms with Crippen LogP contribution in [0.2, 0.25) is 0 Å². The molecule has 0 saturated heterocycles. The quantitative estimate of drug-likeness (QED) is 0.835. The van der Waals surface area contributed by atoms with Crippen molar-refractivity contribution >= 4 is 39.2 Å². The number of thioether (sulfide) groups is 1. The topological polar surface area (TPSA) is 54.4 Å². The lowest BCUT2D eigenvalue weighted by Gasteiger charge is -2.00. The standard InChI is InChI=1S/C11H8O3S2/c1-15-10-5-8(12)7-3-2-6(11(13)14)4-9(7)16-10/h2-5H,1H3,(H,13,14). The fourth-order valence-electron chi connectivity index (χ4n) is 1.37. The van der Waals surface area contributed by atoms with E-state index in [2.05, 4.69) is 0 Å².